The summed E-state index contributed by atoms with van der Waals surface area (Å²) in [6, 6.07) is 4.48. The number of carbonyl (C=O) groups excluding carboxylic acids is 1. The number of rotatable bonds is 6. The molecule has 0 fully saturated rings. The largest absolute Gasteiger partial charge is 0.480 e. The number of benzene rings is 1. The molecule has 0 saturated heterocycles. The zero-order valence-electron chi connectivity index (χ0n) is 10.0. The van der Waals surface area contributed by atoms with Crippen molar-refractivity contribution in [2.75, 3.05) is 6.61 Å². The fraction of sp³-hybridized carbons (Fsp3) is 0.231. The number of hydrogen-bond acceptors (Lipinski definition) is 3. The molecule has 102 valence electrons. The van der Waals surface area contributed by atoms with Crippen LogP contribution >= 0.6 is 0 Å². The lowest BCUT2D eigenvalue weighted by Crippen LogP contribution is -2.40. The van der Waals surface area contributed by atoms with Crippen LogP contribution in [-0.2, 0) is 9.59 Å². The van der Waals surface area contributed by atoms with Crippen LogP contribution in [0.2, 0.25) is 0 Å². The van der Waals surface area contributed by atoms with Crippen molar-refractivity contribution in [1.29, 1.82) is 0 Å². The maximum atomic E-state index is 12.9. The molecule has 0 aliphatic rings. The maximum Gasteiger partial charge on any atom is 0.326 e. The van der Waals surface area contributed by atoms with Gasteiger partial charge in [-0.25, -0.2) is 9.18 Å². The van der Waals surface area contributed by atoms with Gasteiger partial charge >= 0.3 is 5.97 Å². The van der Waals surface area contributed by atoms with Gasteiger partial charge in [0.2, 0.25) is 5.91 Å². The van der Waals surface area contributed by atoms with Gasteiger partial charge in [0.25, 0.3) is 0 Å². The van der Waals surface area contributed by atoms with Gasteiger partial charge in [0, 0.05) is 19.1 Å². The van der Waals surface area contributed by atoms with Crippen molar-refractivity contribution in [3.63, 3.8) is 0 Å². The van der Waals surface area contributed by atoms with E-state index in [1.807, 2.05) is 0 Å². The van der Waals surface area contributed by atoms with Crippen LogP contribution in [0.3, 0.4) is 0 Å². The Labute approximate surface area is 109 Å². The summed E-state index contributed by atoms with van der Waals surface area (Å²) in [5.74, 6) is -2.27. The Hall–Kier alpha value is -2.21. The van der Waals surface area contributed by atoms with Gasteiger partial charge in [0.1, 0.15) is 11.9 Å². The number of carboxylic acids is 1. The first-order valence-electron chi connectivity index (χ1n) is 5.60. The third kappa shape index (κ3) is 5.31. The molecule has 6 heteroatoms. The average molecular weight is 267 g/mol. The molecule has 0 heterocycles. The van der Waals surface area contributed by atoms with Gasteiger partial charge in [-0.3, -0.25) is 4.79 Å². The van der Waals surface area contributed by atoms with Gasteiger partial charge in [-0.15, -0.1) is 0 Å². The number of carboxylic acid groups (broad SMARTS) is 1. The predicted octanol–water partition coefficient (Wildman–Crippen LogP) is 0.791. The number of halogens is 1. The molecule has 1 amide bonds. The van der Waals surface area contributed by atoms with Crippen LogP contribution in [0.4, 0.5) is 4.39 Å². The number of aliphatic hydroxyl groups is 1. The monoisotopic (exact) mass is 267 g/mol. The lowest BCUT2D eigenvalue weighted by Gasteiger charge is -2.11. The summed E-state index contributed by atoms with van der Waals surface area (Å²) in [6.07, 6.45) is 2.41. The molecule has 19 heavy (non-hydrogen) atoms. The first-order chi connectivity index (χ1) is 9.02. The van der Waals surface area contributed by atoms with Crippen molar-refractivity contribution in [2.24, 2.45) is 0 Å². The summed E-state index contributed by atoms with van der Waals surface area (Å²) in [5.41, 5.74) is 0.490. The van der Waals surface area contributed by atoms with Crippen molar-refractivity contribution in [3.8, 4) is 0 Å². The first-order valence-corrected chi connectivity index (χ1v) is 5.60. The van der Waals surface area contributed by atoms with Crippen molar-refractivity contribution in [2.45, 2.75) is 12.5 Å². The van der Waals surface area contributed by atoms with Crippen LogP contribution in [0, 0.1) is 5.82 Å². The standard InChI is InChI=1S/C13H14FNO4/c14-10-3-1-2-9(8-10)4-5-12(17)15-11(6-7-16)13(18)19/h1-5,8,11,16H,6-7H2,(H,15,17)(H,18,19)/b5-4+/t11-/m0/s1. The number of aliphatic carboxylic acids is 1. The Kier molecular flexibility index (Phi) is 5.69. The second kappa shape index (κ2) is 7.27. The molecule has 0 aliphatic carbocycles. The molecular weight excluding hydrogens is 253 g/mol. The van der Waals surface area contributed by atoms with Crippen LogP contribution in [0.25, 0.3) is 6.08 Å². The Bertz CT molecular complexity index is 487. The van der Waals surface area contributed by atoms with E-state index in [9.17, 15) is 14.0 Å². The minimum absolute atomic E-state index is 0.0745. The highest BCUT2D eigenvalue weighted by Gasteiger charge is 2.17. The molecule has 0 aromatic heterocycles. The third-order valence-corrected chi connectivity index (χ3v) is 2.31. The minimum atomic E-state index is -1.22. The minimum Gasteiger partial charge on any atom is -0.480 e. The number of hydrogen-bond donors (Lipinski definition) is 3. The molecule has 5 nitrogen and oxygen atoms in total. The molecule has 0 saturated carbocycles. The molecule has 1 atom stereocenters. The Balaban J connectivity index is 2.61. The van der Waals surface area contributed by atoms with Crippen LogP contribution in [-0.4, -0.2) is 34.7 Å². The number of carbonyl (C=O) groups is 2. The molecule has 0 spiro atoms. The van der Waals surface area contributed by atoms with Gasteiger partial charge in [-0.1, -0.05) is 12.1 Å². The highest BCUT2D eigenvalue weighted by atomic mass is 19.1. The molecule has 0 radical (unpaired) electrons. The van der Waals surface area contributed by atoms with Crippen molar-refractivity contribution in [1.82, 2.24) is 5.32 Å². The highest BCUT2D eigenvalue weighted by Crippen LogP contribution is 2.05. The van der Waals surface area contributed by atoms with Gasteiger partial charge in [0.05, 0.1) is 0 Å². The van der Waals surface area contributed by atoms with Gasteiger partial charge < -0.3 is 15.5 Å². The normalized spacial score (nSPS) is 12.3. The van der Waals surface area contributed by atoms with E-state index >= 15 is 0 Å². The van der Waals surface area contributed by atoms with E-state index in [0.29, 0.717) is 5.56 Å². The Morgan fingerprint density at radius 1 is 1.42 bits per heavy atom. The zero-order valence-corrected chi connectivity index (χ0v) is 10.0. The van der Waals surface area contributed by atoms with Crippen LogP contribution in [0.5, 0.6) is 0 Å². The summed E-state index contributed by atoms with van der Waals surface area (Å²) < 4.78 is 12.9. The summed E-state index contributed by atoms with van der Waals surface area (Å²) in [6.45, 7) is -0.342. The average Bonchev–Trinajstić information content (AvgIpc) is 2.36. The van der Waals surface area contributed by atoms with E-state index in [0.717, 1.165) is 6.08 Å². The quantitative estimate of drug-likeness (QED) is 0.665. The van der Waals surface area contributed by atoms with E-state index in [1.54, 1.807) is 6.07 Å². The van der Waals surface area contributed by atoms with E-state index in [4.69, 9.17) is 10.2 Å². The number of amides is 1. The van der Waals surface area contributed by atoms with E-state index in [1.165, 1.54) is 24.3 Å². The smallest absolute Gasteiger partial charge is 0.326 e. The second-order valence-electron chi connectivity index (χ2n) is 3.80. The van der Waals surface area contributed by atoms with E-state index < -0.39 is 23.7 Å². The number of aliphatic hydroxyl groups excluding tert-OH is 1. The predicted molar refractivity (Wildman–Crippen MR) is 66.7 cm³/mol. The third-order valence-electron chi connectivity index (χ3n) is 2.31. The maximum absolute atomic E-state index is 12.9. The SMILES string of the molecule is O=C(/C=C/c1cccc(F)c1)N[C@@H](CCO)C(=O)O. The van der Waals surface area contributed by atoms with Gasteiger partial charge in [-0.2, -0.15) is 0 Å². The van der Waals surface area contributed by atoms with Crippen LogP contribution in [0.1, 0.15) is 12.0 Å². The fourth-order valence-electron chi connectivity index (χ4n) is 1.39. The summed E-state index contributed by atoms with van der Waals surface area (Å²) in [5, 5.41) is 19.7. The van der Waals surface area contributed by atoms with Gasteiger partial charge in [0.15, 0.2) is 0 Å². The number of nitrogens with one attached hydrogen (secondary N) is 1. The first kappa shape index (κ1) is 14.8. The molecule has 1 aromatic rings. The molecule has 0 aliphatic heterocycles. The van der Waals surface area contributed by atoms with Crippen molar-refractivity contribution in [3.05, 3.63) is 41.7 Å². The molecular formula is C13H14FNO4. The van der Waals surface area contributed by atoms with Crippen molar-refractivity contribution < 1.29 is 24.2 Å². The van der Waals surface area contributed by atoms with E-state index in [-0.39, 0.29) is 13.0 Å². The molecule has 1 rings (SSSR count). The van der Waals surface area contributed by atoms with Crippen molar-refractivity contribution >= 4 is 18.0 Å². The lowest BCUT2D eigenvalue weighted by atomic mass is 10.2. The molecule has 3 N–H and O–H groups in total. The second-order valence-corrected chi connectivity index (χ2v) is 3.80. The lowest BCUT2D eigenvalue weighted by molar-refractivity contribution is -0.141. The summed E-state index contributed by atoms with van der Waals surface area (Å²) in [7, 11) is 0. The molecule has 1 aromatic carbocycles. The topological polar surface area (TPSA) is 86.6 Å². The Morgan fingerprint density at radius 2 is 2.16 bits per heavy atom. The van der Waals surface area contributed by atoms with Crippen LogP contribution in [0.15, 0.2) is 30.3 Å². The highest BCUT2D eigenvalue weighted by molar-refractivity contribution is 5.94. The fourth-order valence-corrected chi connectivity index (χ4v) is 1.39. The molecule has 0 unspecified atom stereocenters. The van der Waals surface area contributed by atoms with Gasteiger partial charge in [-0.05, 0) is 23.8 Å². The Morgan fingerprint density at radius 3 is 2.74 bits per heavy atom. The van der Waals surface area contributed by atoms with Crippen LogP contribution < -0.4 is 5.32 Å². The molecule has 0 bridgehead atoms. The summed E-state index contributed by atoms with van der Waals surface area (Å²) in [4.78, 5) is 22.2. The summed E-state index contributed by atoms with van der Waals surface area (Å²) >= 11 is 0. The zero-order chi connectivity index (χ0) is 14.3. The van der Waals surface area contributed by atoms with E-state index in [2.05, 4.69) is 5.32 Å².